The number of phenols is 1. The van der Waals surface area contributed by atoms with Crippen molar-refractivity contribution >= 4 is 41.2 Å². The number of halogens is 1. The van der Waals surface area contributed by atoms with Crippen LogP contribution in [-0.2, 0) is 4.79 Å². The number of rotatable bonds is 7. The quantitative estimate of drug-likeness (QED) is 0.312. The summed E-state index contributed by atoms with van der Waals surface area (Å²) in [4.78, 5) is 23.2. The second-order valence-corrected chi connectivity index (χ2v) is 7.15. The molecule has 0 aliphatic heterocycles. The molecule has 142 valence electrons. The first-order chi connectivity index (χ1) is 12.8. The molecule has 0 bridgehead atoms. The number of thioether (sulfide) groups is 1. The fourth-order valence-corrected chi connectivity index (χ4v) is 3.00. The molecule has 1 atom stereocenters. The van der Waals surface area contributed by atoms with Gasteiger partial charge in [0.1, 0.15) is 0 Å². The average molecular weight is 410 g/mol. The van der Waals surface area contributed by atoms with E-state index < -0.39 is 21.6 Å². The van der Waals surface area contributed by atoms with E-state index in [9.17, 15) is 20.0 Å². The SMILES string of the molecule is COc1cc(/C=N\NC(=O)[C@@H](C)Sc2ccc(Cl)cc2)cc([N+](=O)[O-])c1O. The van der Waals surface area contributed by atoms with Crippen LogP contribution >= 0.6 is 23.4 Å². The van der Waals surface area contributed by atoms with E-state index in [2.05, 4.69) is 10.5 Å². The molecule has 1 amide bonds. The molecule has 2 aromatic rings. The monoisotopic (exact) mass is 409 g/mol. The van der Waals surface area contributed by atoms with Crippen LogP contribution in [0.2, 0.25) is 5.02 Å². The Hall–Kier alpha value is -2.78. The average Bonchev–Trinajstić information content (AvgIpc) is 2.64. The minimum atomic E-state index is -0.737. The molecule has 10 heteroatoms. The highest BCUT2D eigenvalue weighted by Gasteiger charge is 2.19. The number of phenolic OH excluding ortho intramolecular Hbond substituents is 1. The molecule has 0 saturated carbocycles. The Morgan fingerprint density at radius 3 is 2.67 bits per heavy atom. The zero-order chi connectivity index (χ0) is 20.0. The van der Waals surface area contributed by atoms with Crippen LogP contribution in [0.15, 0.2) is 46.4 Å². The highest BCUT2D eigenvalue weighted by Crippen LogP contribution is 2.36. The van der Waals surface area contributed by atoms with Crippen LogP contribution in [0.4, 0.5) is 5.69 Å². The third-order valence-electron chi connectivity index (χ3n) is 3.38. The van der Waals surface area contributed by atoms with Gasteiger partial charge in [0.05, 0.1) is 23.5 Å². The molecule has 2 aromatic carbocycles. The number of ether oxygens (including phenoxy) is 1. The highest BCUT2D eigenvalue weighted by atomic mass is 35.5. The second kappa shape index (κ2) is 9.24. The van der Waals surface area contributed by atoms with Crippen molar-refractivity contribution in [3.05, 3.63) is 57.1 Å². The van der Waals surface area contributed by atoms with Crippen LogP contribution in [-0.4, -0.2) is 34.5 Å². The van der Waals surface area contributed by atoms with Gasteiger partial charge in [-0.05, 0) is 37.3 Å². The van der Waals surface area contributed by atoms with Crippen molar-refractivity contribution in [2.45, 2.75) is 17.1 Å². The molecule has 0 radical (unpaired) electrons. The fraction of sp³-hybridized carbons (Fsp3) is 0.176. The van der Waals surface area contributed by atoms with Crippen molar-refractivity contribution in [3.8, 4) is 11.5 Å². The Balaban J connectivity index is 2.03. The van der Waals surface area contributed by atoms with Crippen molar-refractivity contribution in [2.24, 2.45) is 5.10 Å². The Morgan fingerprint density at radius 1 is 1.41 bits per heavy atom. The maximum atomic E-state index is 12.1. The summed E-state index contributed by atoms with van der Waals surface area (Å²) >= 11 is 7.16. The number of nitro benzene ring substituents is 1. The van der Waals surface area contributed by atoms with E-state index in [0.29, 0.717) is 5.02 Å². The van der Waals surface area contributed by atoms with Crippen LogP contribution in [0.3, 0.4) is 0 Å². The third kappa shape index (κ3) is 5.60. The summed E-state index contributed by atoms with van der Waals surface area (Å²) in [6.07, 6.45) is 1.23. The Labute approximate surface area is 164 Å². The fourth-order valence-electron chi connectivity index (χ4n) is 2.02. The standard InChI is InChI=1S/C17H16ClN3O5S/c1-10(27-13-5-3-12(18)4-6-13)17(23)20-19-9-11-7-14(21(24)25)16(22)15(8-11)26-2/h3-10,22H,1-2H3,(H,20,23)/b19-9-/t10-/m1/s1. The van der Waals surface area contributed by atoms with Crippen LogP contribution in [0.25, 0.3) is 0 Å². The number of benzene rings is 2. The van der Waals surface area contributed by atoms with Gasteiger partial charge in [0.25, 0.3) is 5.91 Å². The summed E-state index contributed by atoms with van der Waals surface area (Å²) in [7, 11) is 1.27. The zero-order valence-corrected chi connectivity index (χ0v) is 16.0. The number of hydrogen-bond donors (Lipinski definition) is 2. The van der Waals surface area contributed by atoms with Gasteiger partial charge < -0.3 is 9.84 Å². The first-order valence-corrected chi connectivity index (χ1v) is 8.88. The number of amides is 1. The Morgan fingerprint density at radius 2 is 2.07 bits per heavy atom. The number of nitrogens with one attached hydrogen (secondary N) is 1. The normalized spacial score (nSPS) is 12.0. The molecule has 0 aliphatic rings. The second-order valence-electron chi connectivity index (χ2n) is 5.30. The van der Waals surface area contributed by atoms with E-state index in [4.69, 9.17) is 16.3 Å². The maximum absolute atomic E-state index is 12.1. The van der Waals surface area contributed by atoms with Gasteiger partial charge in [-0.3, -0.25) is 14.9 Å². The molecule has 0 unspecified atom stereocenters. The predicted molar refractivity (Wildman–Crippen MR) is 104 cm³/mol. The summed E-state index contributed by atoms with van der Waals surface area (Å²) < 4.78 is 4.90. The van der Waals surface area contributed by atoms with E-state index in [0.717, 1.165) is 11.0 Å². The summed E-state index contributed by atoms with van der Waals surface area (Å²) in [5.41, 5.74) is 2.14. The first kappa shape index (κ1) is 20.5. The van der Waals surface area contributed by atoms with E-state index in [1.165, 1.54) is 31.2 Å². The van der Waals surface area contributed by atoms with Crippen molar-refractivity contribution in [3.63, 3.8) is 0 Å². The predicted octanol–water partition coefficient (Wildman–Crippen LogP) is 3.59. The van der Waals surface area contributed by atoms with Gasteiger partial charge in [-0.15, -0.1) is 11.8 Å². The Kier molecular flexibility index (Phi) is 7.03. The summed E-state index contributed by atoms with van der Waals surface area (Å²) in [5, 5.41) is 24.7. The van der Waals surface area contributed by atoms with E-state index in [1.807, 2.05) is 12.1 Å². The molecule has 0 aromatic heterocycles. The lowest BCUT2D eigenvalue weighted by Crippen LogP contribution is -2.26. The summed E-state index contributed by atoms with van der Waals surface area (Å²) in [6.45, 7) is 1.72. The van der Waals surface area contributed by atoms with Crippen molar-refractivity contribution in [1.29, 1.82) is 0 Å². The van der Waals surface area contributed by atoms with Gasteiger partial charge in [-0.1, -0.05) is 11.6 Å². The van der Waals surface area contributed by atoms with Crippen LogP contribution in [0.5, 0.6) is 11.5 Å². The number of hydrogen-bond acceptors (Lipinski definition) is 7. The lowest BCUT2D eigenvalue weighted by Gasteiger charge is -2.09. The smallest absolute Gasteiger partial charge is 0.315 e. The number of nitro groups is 1. The third-order valence-corrected chi connectivity index (χ3v) is 4.74. The van der Waals surface area contributed by atoms with E-state index in [1.54, 1.807) is 19.1 Å². The minimum Gasteiger partial charge on any atom is -0.500 e. The molecule has 0 spiro atoms. The number of hydrazone groups is 1. The van der Waals surface area contributed by atoms with Gasteiger partial charge >= 0.3 is 5.69 Å². The molecule has 27 heavy (non-hydrogen) atoms. The molecule has 2 N–H and O–H groups in total. The van der Waals surface area contributed by atoms with Crippen LogP contribution in [0, 0.1) is 10.1 Å². The van der Waals surface area contributed by atoms with Crippen molar-refractivity contribution in [2.75, 3.05) is 7.11 Å². The van der Waals surface area contributed by atoms with E-state index in [-0.39, 0.29) is 17.2 Å². The number of carbonyl (C=O) groups is 1. The van der Waals surface area contributed by atoms with Crippen molar-refractivity contribution in [1.82, 2.24) is 5.43 Å². The lowest BCUT2D eigenvalue weighted by atomic mass is 10.2. The first-order valence-electron chi connectivity index (χ1n) is 7.62. The number of aromatic hydroxyl groups is 1. The summed E-state index contributed by atoms with van der Waals surface area (Å²) in [6, 6.07) is 9.57. The van der Waals surface area contributed by atoms with Gasteiger partial charge in [0.15, 0.2) is 5.75 Å². The lowest BCUT2D eigenvalue weighted by molar-refractivity contribution is -0.386. The number of carbonyl (C=O) groups excluding carboxylic acids is 1. The largest absolute Gasteiger partial charge is 0.500 e. The number of nitrogens with zero attached hydrogens (tertiary/aromatic N) is 2. The van der Waals surface area contributed by atoms with Crippen LogP contribution in [0.1, 0.15) is 12.5 Å². The number of methoxy groups -OCH3 is 1. The van der Waals surface area contributed by atoms with Gasteiger partial charge in [-0.25, -0.2) is 5.43 Å². The molecule has 2 rings (SSSR count). The molecule has 8 nitrogen and oxygen atoms in total. The van der Waals surface area contributed by atoms with Crippen molar-refractivity contribution < 1.29 is 19.6 Å². The topological polar surface area (TPSA) is 114 Å². The minimum absolute atomic E-state index is 0.0661. The van der Waals surface area contributed by atoms with Gasteiger partial charge in [0.2, 0.25) is 5.75 Å². The molecule has 0 heterocycles. The van der Waals surface area contributed by atoms with Gasteiger partial charge in [0, 0.05) is 21.5 Å². The maximum Gasteiger partial charge on any atom is 0.315 e. The Bertz CT molecular complexity index is 874. The molecule has 0 saturated heterocycles. The zero-order valence-electron chi connectivity index (χ0n) is 14.4. The van der Waals surface area contributed by atoms with Crippen LogP contribution < -0.4 is 10.2 Å². The van der Waals surface area contributed by atoms with E-state index >= 15 is 0 Å². The highest BCUT2D eigenvalue weighted by molar-refractivity contribution is 8.00. The summed E-state index contributed by atoms with van der Waals surface area (Å²) in [5.74, 6) is -0.980. The molecular weight excluding hydrogens is 394 g/mol. The molecule has 0 fully saturated rings. The molecule has 0 aliphatic carbocycles. The van der Waals surface area contributed by atoms with Gasteiger partial charge in [-0.2, -0.15) is 5.10 Å². The molecular formula is C17H16ClN3O5S.